The van der Waals surface area contributed by atoms with Gasteiger partial charge in [0.2, 0.25) is 0 Å². The predicted molar refractivity (Wildman–Crippen MR) is 66.1 cm³/mol. The molecule has 0 aliphatic heterocycles. The van der Waals surface area contributed by atoms with Crippen LogP contribution in [0.1, 0.15) is 47.2 Å². The highest BCUT2D eigenvalue weighted by Gasteiger charge is 2.38. The van der Waals surface area contributed by atoms with E-state index in [2.05, 4.69) is 13.8 Å². The van der Waals surface area contributed by atoms with Gasteiger partial charge in [-0.1, -0.05) is 13.8 Å². The van der Waals surface area contributed by atoms with Gasteiger partial charge >= 0.3 is 0 Å². The number of hydrogen-bond acceptors (Lipinski definition) is 3. The van der Waals surface area contributed by atoms with Crippen LogP contribution in [0.3, 0.4) is 0 Å². The maximum absolute atomic E-state index is 9.63. The number of nitrogens with zero attached hydrogens (tertiary/aromatic N) is 1. The molecule has 0 spiro atoms. The van der Waals surface area contributed by atoms with E-state index in [1.165, 1.54) is 22.8 Å². The standard InChI is InChI=1S/C13H19NOS/c1-13(2)6-9-8-4-5-10(14(3)15)12(8)16-11(9)7-13/h10,15H,4-7H2,1-3H3. The fraction of sp³-hybridized carbons (Fsp3) is 0.692. The molecule has 88 valence electrons. The van der Waals surface area contributed by atoms with Gasteiger partial charge in [0.25, 0.3) is 0 Å². The molecule has 1 atom stereocenters. The van der Waals surface area contributed by atoms with E-state index in [0.717, 1.165) is 12.8 Å². The third kappa shape index (κ3) is 1.45. The van der Waals surface area contributed by atoms with Crippen molar-refractivity contribution in [3.63, 3.8) is 0 Å². The highest BCUT2D eigenvalue weighted by Crippen LogP contribution is 2.49. The molecule has 1 aromatic heterocycles. The number of rotatable bonds is 1. The Labute approximate surface area is 101 Å². The molecule has 3 heteroatoms. The first-order chi connectivity index (χ1) is 7.48. The minimum Gasteiger partial charge on any atom is -0.314 e. The smallest absolute Gasteiger partial charge is 0.0695 e. The molecule has 1 unspecified atom stereocenters. The molecule has 0 bridgehead atoms. The fourth-order valence-corrected chi connectivity index (χ4v) is 5.01. The Morgan fingerprint density at radius 3 is 2.75 bits per heavy atom. The molecule has 0 amide bonds. The van der Waals surface area contributed by atoms with Crippen LogP contribution in [-0.4, -0.2) is 17.3 Å². The van der Waals surface area contributed by atoms with Crippen LogP contribution < -0.4 is 0 Å². The van der Waals surface area contributed by atoms with Gasteiger partial charge < -0.3 is 5.21 Å². The molecule has 0 radical (unpaired) electrons. The summed E-state index contributed by atoms with van der Waals surface area (Å²) in [5.41, 5.74) is 3.64. The molecule has 1 heterocycles. The van der Waals surface area contributed by atoms with E-state index in [1.54, 1.807) is 23.1 Å². The number of hydrogen-bond donors (Lipinski definition) is 1. The van der Waals surface area contributed by atoms with Crippen molar-refractivity contribution in [2.75, 3.05) is 7.05 Å². The average Bonchev–Trinajstić information content (AvgIpc) is 2.72. The molecular formula is C13H19NOS. The zero-order valence-electron chi connectivity index (χ0n) is 10.2. The van der Waals surface area contributed by atoms with Gasteiger partial charge in [0, 0.05) is 16.8 Å². The van der Waals surface area contributed by atoms with E-state index < -0.39 is 0 Å². The number of fused-ring (bicyclic) bond motifs is 3. The maximum Gasteiger partial charge on any atom is 0.0695 e. The first kappa shape index (κ1) is 10.8. The molecule has 0 saturated heterocycles. The van der Waals surface area contributed by atoms with Crippen LogP contribution in [0.25, 0.3) is 0 Å². The molecule has 2 nitrogen and oxygen atoms in total. The quantitative estimate of drug-likeness (QED) is 0.758. The molecule has 0 aromatic carbocycles. The Kier molecular flexibility index (Phi) is 2.23. The second kappa shape index (κ2) is 3.31. The lowest BCUT2D eigenvalue weighted by atomic mass is 9.90. The SMILES string of the molecule is CN(O)C1CCc2c1sc1c2CC(C)(C)C1. The maximum atomic E-state index is 9.63. The summed E-state index contributed by atoms with van der Waals surface area (Å²) in [6.07, 6.45) is 4.70. The lowest BCUT2D eigenvalue weighted by Crippen LogP contribution is -2.17. The molecule has 2 aliphatic rings. The summed E-state index contributed by atoms with van der Waals surface area (Å²) in [4.78, 5) is 3.02. The van der Waals surface area contributed by atoms with Gasteiger partial charge in [-0.05, 0) is 42.2 Å². The van der Waals surface area contributed by atoms with Crippen LogP contribution >= 0.6 is 11.3 Å². The second-order valence-electron chi connectivity index (χ2n) is 5.99. The van der Waals surface area contributed by atoms with Gasteiger partial charge in [-0.15, -0.1) is 11.3 Å². The molecule has 0 fully saturated rings. The van der Waals surface area contributed by atoms with Crippen LogP contribution in [0.2, 0.25) is 0 Å². The molecule has 1 N–H and O–H groups in total. The highest BCUT2D eigenvalue weighted by atomic mass is 32.1. The summed E-state index contributed by atoms with van der Waals surface area (Å²) in [7, 11) is 1.77. The third-order valence-corrected chi connectivity index (χ3v) is 5.32. The number of thiophene rings is 1. The molecule has 0 saturated carbocycles. The minimum atomic E-state index is 0.258. The summed E-state index contributed by atoms with van der Waals surface area (Å²) < 4.78 is 0. The number of hydroxylamine groups is 2. The van der Waals surface area contributed by atoms with E-state index in [0.29, 0.717) is 5.41 Å². The van der Waals surface area contributed by atoms with E-state index in [-0.39, 0.29) is 6.04 Å². The summed E-state index contributed by atoms with van der Waals surface area (Å²) >= 11 is 1.95. The second-order valence-corrected chi connectivity index (χ2v) is 7.13. The molecule has 16 heavy (non-hydrogen) atoms. The summed E-state index contributed by atoms with van der Waals surface area (Å²) in [6.45, 7) is 4.72. The zero-order chi connectivity index (χ0) is 11.5. The monoisotopic (exact) mass is 237 g/mol. The third-order valence-electron chi connectivity index (χ3n) is 3.95. The van der Waals surface area contributed by atoms with Gasteiger partial charge in [0.15, 0.2) is 0 Å². The van der Waals surface area contributed by atoms with Crippen molar-refractivity contribution < 1.29 is 5.21 Å². The summed E-state index contributed by atoms with van der Waals surface area (Å²) in [5.74, 6) is 0. The van der Waals surface area contributed by atoms with Crippen LogP contribution in [0.5, 0.6) is 0 Å². The lowest BCUT2D eigenvalue weighted by molar-refractivity contribution is -0.102. The average molecular weight is 237 g/mol. The Balaban J connectivity index is 2.00. The Hall–Kier alpha value is -0.380. The van der Waals surface area contributed by atoms with E-state index in [4.69, 9.17) is 0 Å². The van der Waals surface area contributed by atoms with Gasteiger partial charge in [0.1, 0.15) is 0 Å². The first-order valence-electron chi connectivity index (χ1n) is 6.03. The van der Waals surface area contributed by atoms with Crippen LogP contribution in [0.15, 0.2) is 0 Å². The van der Waals surface area contributed by atoms with Crippen molar-refractivity contribution >= 4 is 11.3 Å². The predicted octanol–water partition coefficient (Wildman–Crippen LogP) is 3.18. The van der Waals surface area contributed by atoms with E-state index >= 15 is 0 Å². The van der Waals surface area contributed by atoms with Crippen LogP contribution in [-0.2, 0) is 19.3 Å². The summed E-state index contributed by atoms with van der Waals surface area (Å²) in [5, 5.41) is 11.0. The largest absolute Gasteiger partial charge is 0.314 e. The van der Waals surface area contributed by atoms with Crippen molar-refractivity contribution in [1.82, 2.24) is 5.06 Å². The highest BCUT2D eigenvalue weighted by molar-refractivity contribution is 7.12. The van der Waals surface area contributed by atoms with Crippen molar-refractivity contribution in [2.24, 2.45) is 5.41 Å². The Morgan fingerprint density at radius 1 is 1.31 bits per heavy atom. The van der Waals surface area contributed by atoms with Gasteiger partial charge in [-0.3, -0.25) is 0 Å². The van der Waals surface area contributed by atoms with Gasteiger partial charge in [0.05, 0.1) is 6.04 Å². The fourth-order valence-electron chi connectivity index (χ4n) is 3.21. The first-order valence-corrected chi connectivity index (χ1v) is 6.84. The van der Waals surface area contributed by atoms with Crippen LogP contribution in [0.4, 0.5) is 0 Å². The molecule has 1 aromatic rings. The van der Waals surface area contributed by atoms with Crippen molar-refractivity contribution in [1.29, 1.82) is 0 Å². The van der Waals surface area contributed by atoms with E-state index in [1.807, 2.05) is 11.3 Å². The van der Waals surface area contributed by atoms with Crippen molar-refractivity contribution in [2.45, 2.75) is 45.6 Å². The Bertz CT molecular complexity index is 433. The molecule has 2 aliphatic carbocycles. The zero-order valence-corrected chi connectivity index (χ0v) is 11.0. The Morgan fingerprint density at radius 2 is 2.06 bits per heavy atom. The van der Waals surface area contributed by atoms with Crippen molar-refractivity contribution in [3.05, 3.63) is 20.9 Å². The molecular weight excluding hydrogens is 218 g/mol. The molecule has 3 rings (SSSR count). The minimum absolute atomic E-state index is 0.258. The van der Waals surface area contributed by atoms with Gasteiger partial charge in [-0.2, -0.15) is 5.06 Å². The topological polar surface area (TPSA) is 23.5 Å². The normalized spacial score (nSPS) is 26.2. The van der Waals surface area contributed by atoms with Gasteiger partial charge in [-0.25, -0.2) is 0 Å². The lowest BCUT2D eigenvalue weighted by Gasteiger charge is -2.18. The van der Waals surface area contributed by atoms with Crippen molar-refractivity contribution in [3.8, 4) is 0 Å². The summed E-state index contributed by atoms with van der Waals surface area (Å²) in [6, 6.07) is 0.258. The van der Waals surface area contributed by atoms with E-state index in [9.17, 15) is 5.21 Å². The van der Waals surface area contributed by atoms with Crippen LogP contribution in [0, 0.1) is 5.41 Å².